The normalized spacial score (nSPS) is 15.0. The first-order valence-corrected chi connectivity index (χ1v) is 34.7. The summed E-state index contributed by atoms with van der Waals surface area (Å²) in [6.07, 6.45) is 3.67. The summed E-state index contributed by atoms with van der Waals surface area (Å²) in [7, 11) is 0. The molecule has 450 valence electrons. The Morgan fingerprint density at radius 3 is 0.979 bits per heavy atom. The summed E-state index contributed by atoms with van der Waals surface area (Å²) in [5.74, 6) is -0.397. The number of hydrogen-bond donors (Lipinski definition) is 0. The van der Waals surface area contributed by atoms with E-state index in [1.807, 2.05) is 48.6 Å². The molecule has 0 bridgehead atoms. The highest BCUT2D eigenvalue weighted by atomic mass is 32.1. The lowest BCUT2D eigenvalue weighted by Gasteiger charge is -2.36. The Morgan fingerprint density at radius 1 is 0.333 bits per heavy atom. The number of fused-ring (bicyclic) bond motifs is 10. The monoisotopic (exact) mass is 1300 g/mol. The standard InChI is InChI=1S/C86H50N4O2S4/c1-47-13-21-55(22-14-47)85(56-23-15-48(2)16-24-56)71-33-51-35-79(75-31-29-59(93-75)37-69-81(53(43-87)44-88)61-9-5-7-11-63(61)83(69)91)95-77(51)41-67(71)65-40-74-66(39-73(65)85)68-42-78-52(34-72(68)86(74,57-25-17-49(3)18-26-57)58-27-19-50(4)20-28-58)36-80(96-78)76-32-30-60(94-76)38-70-82(54(45-89)46-90)62-10-6-8-12-64(62)84(70)92/h5-42H,1-4H3. The van der Waals surface area contributed by atoms with E-state index in [2.05, 4.69) is 210 Å². The number of thiophene rings is 4. The lowest BCUT2D eigenvalue weighted by atomic mass is 9.65. The van der Waals surface area contributed by atoms with Crippen LogP contribution in [-0.2, 0) is 10.8 Å². The van der Waals surface area contributed by atoms with Crippen LogP contribution < -0.4 is 0 Å². The second-order valence-corrected chi connectivity index (χ2v) is 29.6. The van der Waals surface area contributed by atoms with Gasteiger partial charge in [-0.3, -0.25) is 9.59 Å². The van der Waals surface area contributed by atoms with Gasteiger partial charge in [0.05, 0.1) is 10.8 Å². The lowest BCUT2D eigenvalue weighted by Crippen LogP contribution is -2.30. The van der Waals surface area contributed by atoms with Crippen molar-refractivity contribution >= 4 is 100 Å². The molecule has 4 aromatic heterocycles. The van der Waals surface area contributed by atoms with Crippen LogP contribution in [0.1, 0.15) is 108 Å². The fourth-order valence-corrected chi connectivity index (χ4v) is 19.6. The number of hydrogen-bond acceptors (Lipinski definition) is 10. The van der Waals surface area contributed by atoms with E-state index in [-0.39, 0.29) is 22.7 Å². The van der Waals surface area contributed by atoms with E-state index in [0.29, 0.717) is 44.5 Å². The summed E-state index contributed by atoms with van der Waals surface area (Å²) >= 11 is 6.69. The first kappa shape index (κ1) is 58.4. The highest BCUT2D eigenvalue weighted by Crippen LogP contribution is 2.64. The van der Waals surface area contributed by atoms with Gasteiger partial charge in [0.2, 0.25) is 0 Å². The molecule has 4 heterocycles. The molecule has 10 heteroatoms. The summed E-state index contributed by atoms with van der Waals surface area (Å²) < 4.78 is 2.30. The van der Waals surface area contributed by atoms with Crippen molar-refractivity contribution in [1.29, 1.82) is 21.0 Å². The number of benzene rings is 9. The molecule has 0 spiro atoms. The molecule has 0 saturated carbocycles. The van der Waals surface area contributed by atoms with Crippen molar-refractivity contribution in [3.05, 3.63) is 339 Å². The minimum Gasteiger partial charge on any atom is -0.289 e. The van der Waals surface area contributed by atoms with Crippen LogP contribution in [0.5, 0.6) is 0 Å². The Kier molecular flexibility index (Phi) is 13.4. The zero-order valence-electron chi connectivity index (χ0n) is 52.2. The van der Waals surface area contributed by atoms with E-state index in [1.54, 1.807) is 69.6 Å². The van der Waals surface area contributed by atoms with E-state index in [0.717, 1.165) is 49.4 Å². The summed E-state index contributed by atoms with van der Waals surface area (Å²) in [5.41, 5.74) is 20.9. The number of carbonyl (C=O) groups excluding carboxylic acids is 2. The van der Waals surface area contributed by atoms with Gasteiger partial charge < -0.3 is 0 Å². The molecular weight excluding hydrogens is 1250 g/mol. The van der Waals surface area contributed by atoms with E-state index in [1.165, 1.54) is 89.0 Å². The number of nitrogens with zero attached hydrogens (tertiary/aromatic N) is 4. The van der Waals surface area contributed by atoms with Crippen LogP contribution in [0, 0.1) is 73.0 Å². The van der Waals surface area contributed by atoms with Gasteiger partial charge in [-0.05, 0) is 201 Å². The molecule has 96 heavy (non-hydrogen) atoms. The number of carbonyl (C=O) groups is 2. The van der Waals surface area contributed by atoms with Crippen molar-refractivity contribution in [2.45, 2.75) is 38.5 Å². The highest BCUT2D eigenvalue weighted by molar-refractivity contribution is 7.27. The quantitative estimate of drug-likeness (QED) is 0.110. The molecule has 17 rings (SSSR count). The molecule has 0 amide bonds. The second kappa shape index (κ2) is 22.1. The molecule has 0 atom stereocenters. The Bertz CT molecular complexity index is 5460. The van der Waals surface area contributed by atoms with Crippen LogP contribution in [0.2, 0.25) is 0 Å². The Labute approximate surface area is 570 Å². The molecule has 13 aromatic rings. The molecule has 0 fully saturated rings. The molecule has 4 aliphatic rings. The van der Waals surface area contributed by atoms with Gasteiger partial charge in [0.1, 0.15) is 35.4 Å². The van der Waals surface area contributed by atoms with Gasteiger partial charge >= 0.3 is 0 Å². The molecule has 9 aromatic carbocycles. The maximum absolute atomic E-state index is 14.0. The smallest absolute Gasteiger partial charge is 0.194 e. The van der Waals surface area contributed by atoms with Gasteiger partial charge in [-0.15, -0.1) is 45.3 Å². The predicted octanol–water partition coefficient (Wildman–Crippen LogP) is 21.7. The number of allylic oxidation sites excluding steroid dienone is 6. The Balaban J connectivity index is 0.869. The van der Waals surface area contributed by atoms with E-state index in [4.69, 9.17) is 0 Å². The lowest BCUT2D eigenvalue weighted by molar-refractivity contribution is 0.103. The maximum Gasteiger partial charge on any atom is 0.194 e. The topological polar surface area (TPSA) is 129 Å². The van der Waals surface area contributed by atoms with E-state index >= 15 is 0 Å². The molecule has 4 aliphatic carbocycles. The largest absolute Gasteiger partial charge is 0.289 e. The van der Waals surface area contributed by atoms with Gasteiger partial charge in [-0.25, -0.2) is 0 Å². The highest BCUT2D eigenvalue weighted by Gasteiger charge is 2.52. The molecule has 0 N–H and O–H groups in total. The Morgan fingerprint density at radius 2 is 0.646 bits per heavy atom. The van der Waals surface area contributed by atoms with Crippen LogP contribution in [-0.4, -0.2) is 11.6 Å². The van der Waals surface area contributed by atoms with E-state index in [9.17, 15) is 30.6 Å². The van der Waals surface area contributed by atoms with Crippen LogP contribution in [0.3, 0.4) is 0 Å². The predicted molar refractivity (Wildman–Crippen MR) is 391 cm³/mol. The van der Waals surface area contributed by atoms with Crippen LogP contribution >= 0.6 is 45.3 Å². The number of ketones is 2. The molecule has 0 aliphatic heterocycles. The van der Waals surface area contributed by atoms with Gasteiger partial charge in [0.25, 0.3) is 0 Å². The van der Waals surface area contributed by atoms with Crippen molar-refractivity contribution in [1.82, 2.24) is 0 Å². The summed E-state index contributed by atoms with van der Waals surface area (Å²) in [6, 6.07) is 86.9. The molecular formula is C86H50N4O2S4. The minimum atomic E-state index is -0.763. The fraction of sp³-hybridized carbons (Fsp3) is 0.0698. The third kappa shape index (κ3) is 8.61. The molecule has 0 radical (unpaired) electrons. The molecule has 0 saturated heterocycles. The number of aryl methyl sites for hydroxylation is 4. The van der Waals surface area contributed by atoms with Gasteiger partial charge in [0.15, 0.2) is 11.6 Å². The van der Waals surface area contributed by atoms with Crippen molar-refractivity contribution in [3.63, 3.8) is 0 Å². The zero-order chi connectivity index (χ0) is 65.5. The molecule has 6 nitrogen and oxygen atoms in total. The van der Waals surface area contributed by atoms with Crippen molar-refractivity contribution in [2.75, 3.05) is 0 Å². The van der Waals surface area contributed by atoms with Gasteiger partial charge in [-0.2, -0.15) is 21.0 Å². The van der Waals surface area contributed by atoms with Crippen molar-refractivity contribution < 1.29 is 9.59 Å². The number of nitriles is 4. The third-order valence-electron chi connectivity index (χ3n) is 19.8. The summed E-state index contributed by atoms with van der Waals surface area (Å²) in [5, 5.41) is 42.5. The first-order valence-electron chi connectivity index (χ1n) is 31.5. The van der Waals surface area contributed by atoms with Crippen LogP contribution in [0.4, 0.5) is 0 Å². The Hall–Kier alpha value is -11.4. The summed E-state index contributed by atoms with van der Waals surface area (Å²) in [4.78, 5) is 34.0. The van der Waals surface area contributed by atoms with Gasteiger partial charge in [0, 0.05) is 72.1 Å². The van der Waals surface area contributed by atoms with Crippen molar-refractivity contribution in [3.8, 4) is 66.0 Å². The van der Waals surface area contributed by atoms with Crippen LogP contribution in [0.25, 0.3) is 85.2 Å². The first-order chi connectivity index (χ1) is 46.8. The third-order valence-corrected chi connectivity index (χ3v) is 24.4. The minimum absolute atomic E-state index is 0.0832. The average Bonchev–Trinajstić information content (AvgIpc) is 1.50. The molecule has 0 unspecified atom stereocenters. The number of Topliss-reactive ketones (excluding diaryl/α,β-unsaturated/α-hetero) is 2. The SMILES string of the molecule is Cc1ccc(C2(c3ccc(C)cc3)c3cc4c(cc3-c3cc5sc(-c6ccc(C=C7C(=O)c8ccccc8C7=C(C#N)C#N)s6)cc5cc32)C(c2ccc(C)cc2)(c2ccc(C)cc2)c2cc3cc(-c5ccc(C=C6C(=O)c7ccccc7C6=C(C#N)C#N)s5)sc3cc2-4)cc1. The van der Waals surface area contributed by atoms with Crippen molar-refractivity contribution in [2.24, 2.45) is 0 Å². The summed E-state index contributed by atoms with van der Waals surface area (Å²) in [6.45, 7) is 8.60. The fourth-order valence-electron chi connectivity index (χ4n) is 15.3. The average molecular weight is 1300 g/mol. The zero-order valence-corrected chi connectivity index (χ0v) is 55.4. The second-order valence-electron chi connectivity index (χ2n) is 25.2. The number of rotatable bonds is 8. The van der Waals surface area contributed by atoms with Crippen LogP contribution in [0.15, 0.2) is 241 Å². The van der Waals surface area contributed by atoms with E-state index < -0.39 is 10.8 Å². The maximum atomic E-state index is 14.0. The van der Waals surface area contributed by atoms with Gasteiger partial charge in [-0.1, -0.05) is 168 Å².